The predicted molar refractivity (Wildman–Crippen MR) is 70.7 cm³/mol. The molecule has 0 fully saturated rings. The van der Waals surface area contributed by atoms with Gasteiger partial charge in [-0.3, -0.25) is 4.40 Å². The Hall–Kier alpha value is -0.910. The van der Waals surface area contributed by atoms with Gasteiger partial charge in [-0.15, -0.1) is 11.3 Å². The van der Waals surface area contributed by atoms with Crippen molar-refractivity contribution in [1.29, 1.82) is 0 Å². The van der Waals surface area contributed by atoms with E-state index in [1.54, 1.807) is 11.3 Å². The van der Waals surface area contributed by atoms with Gasteiger partial charge in [0.15, 0.2) is 4.96 Å². The molecule has 17 heavy (non-hydrogen) atoms. The minimum absolute atomic E-state index is 0.199. The van der Waals surface area contributed by atoms with Gasteiger partial charge in [-0.1, -0.05) is 0 Å². The van der Waals surface area contributed by atoms with Gasteiger partial charge in [0.1, 0.15) is 0 Å². The van der Waals surface area contributed by atoms with E-state index in [-0.39, 0.29) is 6.10 Å². The molecule has 0 aliphatic rings. The van der Waals surface area contributed by atoms with Gasteiger partial charge in [-0.25, -0.2) is 4.98 Å². The van der Waals surface area contributed by atoms with Crippen molar-refractivity contribution in [3.05, 3.63) is 23.5 Å². The van der Waals surface area contributed by atoms with Crippen LogP contribution in [0.25, 0.3) is 4.96 Å². The molecule has 0 saturated carbocycles. The van der Waals surface area contributed by atoms with Crippen LogP contribution in [0.15, 0.2) is 17.8 Å². The average Bonchev–Trinajstić information content (AvgIpc) is 2.86. The molecule has 5 heteroatoms. The number of likely N-dealkylation sites (N-methyl/N-ethyl adjacent to an activating group) is 1. The second-order valence-corrected chi connectivity index (χ2v) is 4.96. The summed E-state index contributed by atoms with van der Waals surface area (Å²) in [6.07, 6.45) is 5.22. The van der Waals surface area contributed by atoms with Crippen molar-refractivity contribution in [2.75, 3.05) is 13.7 Å². The number of ether oxygens (including phenoxy) is 1. The molecule has 0 spiro atoms. The summed E-state index contributed by atoms with van der Waals surface area (Å²) in [7, 11) is 1.97. The van der Waals surface area contributed by atoms with Crippen LogP contribution < -0.4 is 5.32 Å². The Kier molecular flexibility index (Phi) is 4.15. The third-order valence-corrected chi connectivity index (χ3v) is 3.71. The van der Waals surface area contributed by atoms with Gasteiger partial charge >= 0.3 is 0 Å². The molecule has 94 valence electrons. The molecule has 1 N–H and O–H groups in total. The Bertz CT molecular complexity index is 436. The number of hydrogen-bond acceptors (Lipinski definition) is 4. The lowest BCUT2D eigenvalue weighted by atomic mass is 10.1. The van der Waals surface area contributed by atoms with Crippen molar-refractivity contribution in [2.45, 2.75) is 32.4 Å². The van der Waals surface area contributed by atoms with Crippen molar-refractivity contribution in [3.63, 3.8) is 0 Å². The molecule has 2 heterocycles. The number of hydrogen-bond donors (Lipinski definition) is 1. The molecule has 2 unspecified atom stereocenters. The van der Waals surface area contributed by atoms with Crippen LogP contribution in [0, 0.1) is 0 Å². The maximum atomic E-state index is 5.63. The fourth-order valence-electron chi connectivity index (χ4n) is 1.98. The quantitative estimate of drug-likeness (QED) is 0.855. The molecule has 0 aliphatic carbocycles. The standard InChI is InChI=1S/C12H19N3OS/c1-4-16-9(2)11(13-3)7-10-8-15-5-6-17-12(15)14-10/h5-6,8-9,11,13H,4,7H2,1-3H3. The average molecular weight is 253 g/mol. The summed E-state index contributed by atoms with van der Waals surface area (Å²) in [5.41, 5.74) is 1.11. The Morgan fingerprint density at radius 1 is 1.59 bits per heavy atom. The molecule has 0 aromatic carbocycles. The third kappa shape index (κ3) is 2.86. The maximum Gasteiger partial charge on any atom is 0.193 e. The molecule has 0 bridgehead atoms. The smallest absolute Gasteiger partial charge is 0.193 e. The highest BCUT2D eigenvalue weighted by Crippen LogP contribution is 2.14. The van der Waals surface area contributed by atoms with Crippen molar-refractivity contribution < 1.29 is 4.74 Å². The van der Waals surface area contributed by atoms with Gasteiger partial charge in [0.2, 0.25) is 0 Å². The highest BCUT2D eigenvalue weighted by atomic mass is 32.1. The van der Waals surface area contributed by atoms with Gasteiger partial charge in [0, 0.05) is 36.8 Å². The zero-order valence-corrected chi connectivity index (χ0v) is 11.3. The normalized spacial score (nSPS) is 15.2. The van der Waals surface area contributed by atoms with Crippen LogP contribution in [0.1, 0.15) is 19.5 Å². The first-order valence-corrected chi connectivity index (χ1v) is 6.82. The Morgan fingerprint density at radius 3 is 3.06 bits per heavy atom. The van der Waals surface area contributed by atoms with E-state index in [1.165, 1.54) is 0 Å². The topological polar surface area (TPSA) is 38.6 Å². The first-order chi connectivity index (χ1) is 8.24. The zero-order valence-electron chi connectivity index (χ0n) is 10.5. The maximum absolute atomic E-state index is 5.63. The summed E-state index contributed by atoms with van der Waals surface area (Å²) in [5, 5.41) is 5.35. The van der Waals surface area contributed by atoms with Crippen molar-refractivity contribution in [2.24, 2.45) is 0 Å². The lowest BCUT2D eigenvalue weighted by molar-refractivity contribution is 0.0494. The Labute approximate surface area is 106 Å². The van der Waals surface area contributed by atoms with E-state index in [2.05, 4.69) is 27.8 Å². The Morgan fingerprint density at radius 2 is 2.41 bits per heavy atom. The van der Waals surface area contributed by atoms with Crippen LogP contribution in [0.3, 0.4) is 0 Å². The minimum Gasteiger partial charge on any atom is -0.377 e. The van der Waals surface area contributed by atoms with Gasteiger partial charge in [-0.05, 0) is 20.9 Å². The summed E-state index contributed by atoms with van der Waals surface area (Å²) >= 11 is 1.66. The third-order valence-electron chi connectivity index (χ3n) is 2.94. The van der Waals surface area contributed by atoms with Crippen molar-refractivity contribution >= 4 is 16.3 Å². The fourth-order valence-corrected chi connectivity index (χ4v) is 2.70. The molecule has 2 aromatic heterocycles. The zero-order chi connectivity index (χ0) is 12.3. The van der Waals surface area contributed by atoms with Crippen LogP contribution in [-0.4, -0.2) is 35.2 Å². The summed E-state index contributed by atoms with van der Waals surface area (Å²) in [5.74, 6) is 0. The van der Waals surface area contributed by atoms with Crippen LogP contribution in [0.5, 0.6) is 0 Å². The number of fused-ring (bicyclic) bond motifs is 1. The van der Waals surface area contributed by atoms with Crippen LogP contribution in [-0.2, 0) is 11.2 Å². The molecule has 0 radical (unpaired) electrons. The van der Waals surface area contributed by atoms with Gasteiger partial charge in [0.05, 0.1) is 11.8 Å². The molecule has 4 nitrogen and oxygen atoms in total. The molecule has 0 amide bonds. The van der Waals surface area contributed by atoms with E-state index in [9.17, 15) is 0 Å². The second kappa shape index (κ2) is 5.62. The predicted octanol–water partition coefficient (Wildman–Crippen LogP) is 1.95. The largest absolute Gasteiger partial charge is 0.377 e. The summed E-state index contributed by atoms with van der Waals surface area (Å²) in [4.78, 5) is 5.64. The first-order valence-electron chi connectivity index (χ1n) is 5.94. The Balaban J connectivity index is 2.05. The van der Waals surface area contributed by atoms with Crippen LogP contribution in [0.2, 0.25) is 0 Å². The number of nitrogens with one attached hydrogen (secondary N) is 1. The molecule has 2 atom stereocenters. The monoisotopic (exact) mass is 253 g/mol. The number of imidazole rings is 1. The van der Waals surface area contributed by atoms with Crippen molar-refractivity contribution in [3.8, 4) is 0 Å². The summed E-state index contributed by atoms with van der Waals surface area (Å²) in [6, 6.07) is 0.305. The highest BCUT2D eigenvalue weighted by molar-refractivity contribution is 7.15. The molecule has 0 aliphatic heterocycles. The number of thiazole rings is 1. The molecular formula is C12H19N3OS. The van der Waals surface area contributed by atoms with Gasteiger partial charge < -0.3 is 10.1 Å². The lowest BCUT2D eigenvalue weighted by Gasteiger charge is -2.22. The molecule has 2 rings (SSSR count). The number of aromatic nitrogens is 2. The van der Waals surface area contributed by atoms with Gasteiger partial charge in [0.25, 0.3) is 0 Å². The minimum atomic E-state index is 0.199. The van der Waals surface area contributed by atoms with Crippen molar-refractivity contribution in [1.82, 2.24) is 14.7 Å². The van der Waals surface area contributed by atoms with E-state index >= 15 is 0 Å². The lowest BCUT2D eigenvalue weighted by Crippen LogP contribution is -2.39. The summed E-state index contributed by atoms with van der Waals surface area (Å²) < 4.78 is 7.70. The highest BCUT2D eigenvalue weighted by Gasteiger charge is 2.17. The van der Waals surface area contributed by atoms with E-state index in [1.807, 2.05) is 25.5 Å². The van der Waals surface area contributed by atoms with E-state index in [0.29, 0.717) is 6.04 Å². The van der Waals surface area contributed by atoms with E-state index in [0.717, 1.165) is 23.7 Å². The van der Waals surface area contributed by atoms with E-state index in [4.69, 9.17) is 4.74 Å². The van der Waals surface area contributed by atoms with Gasteiger partial charge in [-0.2, -0.15) is 0 Å². The fraction of sp³-hybridized carbons (Fsp3) is 0.583. The van der Waals surface area contributed by atoms with Crippen LogP contribution in [0.4, 0.5) is 0 Å². The first kappa shape index (κ1) is 12.5. The molecule has 2 aromatic rings. The summed E-state index contributed by atoms with van der Waals surface area (Å²) in [6.45, 7) is 4.87. The molecular weight excluding hydrogens is 234 g/mol. The number of rotatable bonds is 6. The van der Waals surface area contributed by atoms with E-state index < -0.39 is 0 Å². The SMILES string of the molecule is CCOC(C)C(Cc1cn2ccsc2n1)NC. The molecule has 0 saturated heterocycles. The second-order valence-electron chi connectivity index (χ2n) is 4.08. The van der Waals surface area contributed by atoms with Crippen LogP contribution >= 0.6 is 11.3 Å². The number of nitrogens with zero attached hydrogens (tertiary/aromatic N) is 2.